The van der Waals surface area contributed by atoms with Gasteiger partial charge < -0.3 is 0 Å². The lowest BCUT2D eigenvalue weighted by atomic mass is 10.0. The Hall–Kier alpha value is -2.74. The predicted molar refractivity (Wildman–Crippen MR) is 81.5 cm³/mol. The Balaban J connectivity index is 1.95. The number of allylic oxidation sites excluding steroid dienone is 1. The average Bonchev–Trinajstić information content (AvgIpc) is 2.53. The highest BCUT2D eigenvalue weighted by atomic mass is 16.1. The Morgan fingerprint density at radius 2 is 1.70 bits per heavy atom. The zero-order valence-corrected chi connectivity index (χ0v) is 10.9. The zero-order chi connectivity index (χ0) is 13.8. The molecule has 0 aliphatic rings. The van der Waals surface area contributed by atoms with Crippen molar-refractivity contribution in [2.45, 2.75) is 0 Å². The second-order valence-corrected chi connectivity index (χ2v) is 4.49. The molecule has 2 heteroatoms. The molecule has 0 saturated carbocycles. The van der Waals surface area contributed by atoms with Gasteiger partial charge in [0, 0.05) is 17.1 Å². The number of fused-ring (bicyclic) bond motifs is 1. The van der Waals surface area contributed by atoms with Crippen LogP contribution in [0.2, 0.25) is 0 Å². The molecular weight excluding hydrogens is 246 g/mol. The molecule has 96 valence electrons. The van der Waals surface area contributed by atoms with Crippen molar-refractivity contribution in [1.29, 1.82) is 0 Å². The van der Waals surface area contributed by atoms with Crippen LogP contribution < -0.4 is 0 Å². The summed E-state index contributed by atoms with van der Waals surface area (Å²) >= 11 is 0. The number of carbonyl (C=O) groups is 1. The average molecular weight is 259 g/mol. The first kappa shape index (κ1) is 12.3. The van der Waals surface area contributed by atoms with Crippen LogP contribution in [-0.2, 0) is 0 Å². The minimum Gasteiger partial charge on any atom is -0.289 e. The second kappa shape index (κ2) is 5.49. The molecule has 2 aromatic carbocycles. The summed E-state index contributed by atoms with van der Waals surface area (Å²) < 4.78 is 0. The molecule has 0 N–H and O–H groups in total. The molecule has 0 saturated heterocycles. The number of aromatic nitrogens is 1. The molecule has 3 aromatic rings. The number of nitrogens with zero attached hydrogens (tertiary/aromatic N) is 1. The van der Waals surface area contributed by atoms with Crippen molar-refractivity contribution in [2.75, 3.05) is 0 Å². The van der Waals surface area contributed by atoms with Gasteiger partial charge in [0.05, 0.1) is 5.52 Å². The van der Waals surface area contributed by atoms with Gasteiger partial charge in [0.1, 0.15) is 0 Å². The van der Waals surface area contributed by atoms with Crippen molar-refractivity contribution in [3.8, 4) is 0 Å². The molecule has 1 aromatic heterocycles. The van der Waals surface area contributed by atoms with Crippen LogP contribution in [0.5, 0.6) is 0 Å². The summed E-state index contributed by atoms with van der Waals surface area (Å²) in [7, 11) is 0. The maximum Gasteiger partial charge on any atom is 0.188 e. The van der Waals surface area contributed by atoms with Crippen molar-refractivity contribution in [3.05, 3.63) is 84.1 Å². The maximum atomic E-state index is 12.3. The first-order valence-electron chi connectivity index (χ1n) is 6.46. The van der Waals surface area contributed by atoms with Crippen LogP contribution in [-0.4, -0.2) is 10.8 Å². The van der Waals surface area contributed by atoms with E-state index in [0.717, 1.165) is 16.5 Å². The first-order chi connectivity index (χ1) is 9.84. The van der Waals surface area contributed by atoms with Crippen LogP contribution in [0.25, 0.3) is 17.0 Å². The predicted octanol–water partition coefficient (Wildman–Crippen LogP) is 4.13. The molecule has 0 atom stereocenters. The molecule has 0 spiro atoms. The van der Waals surface area contributed by atoms with Crippen molar-refractivity contribution in [3.63, 3.8) is 0 Å². The third-order valence-electron chi connectivity index (χ3n) is 3.12. The molecule has 20 heavy (non-hydrogen) atoms. The van der Waals surface area contributed by atoms with Crippen LogP contribution in [0.15, 0.2) is 72.9 Å². The Labute approximate surface area is 117 Å². The Morgan fingerprint density at radius 1 is 0.900 bits per heavy atom. The van der Waals surface area contributed by atoms with Crippen LogP contribution >= 0.6 is 0 Å². The summed E-state index contributed by atoms with van der Waals surface area (Å²) in [6.45, 7) is 0. The fourth-order valence-corrected chi connectivity index (χ4v) is 2.13. The van der Waals surface area contributed by atoms with Gasteiger partial charge >= 0.3 is 0 Å². The van der Waals surface area contributed by atoms with Gasteiger partial charge in [-0.1, -0.05) is 54.6 Å². The maximum absolute atomic E-state index is 12.3. The number of hydrogen-bond donors (Lipinski definition) is 0. The Bertz CT molecular complexity index is 770. The van der Waals surface area contributed by atoms with E-state index in [1.807, 2.05) is 66.7 Å². The molecule has 3 rings (SSSR count). The van der Waals surface area contributed by atoms with Gasteiger partial charge in [-0.05, 0) is 23.8 Å². The van der Waals surface area contributed by atoms with E-state index in [2.05, 4.69) is 4.98 Å². The summed E-state index contributed by atoms with van der Waals surface area (Å²) in [5.74, 6) is -0.0295. The highest BCUT2D eigenvalue weighted by Crippen LogP contribution is 2.17. The van der Waals surface area contributed by atoms with Crippen LogP contribution in [0, 0.1) is 0 Å². The highest BCUT2D eigenvalue weighted by molar-refractivity contribution is 6.13. The lowest BCUT2D eigenvalue weighted by Crippen LogP contribution is -1.96. The standard InChI is InChI=1S/C18H13NO/c20-17(12-11-14-6-2-1-3-7-14)16-10-4-8-15-9-5-13-19-18(15)16/h1-13H/b12-11+. The molecule has 0 aliphatic carbocycles. The number of rotatable bonds is 3. The summed E-state index contributed by atoms with van der Waals surface area (Å²) in [5, 5.41) is 0.978. The molecule has 1 heterocycles. The van der Waals surface area contributed by atoms with Crippen molar-refractivity contribution in [1.82, 2.24) is 4.98 Å². The van der Waals surface area contributed by atoms with E-state index in [4.69, 9.17) is 0 Å². The molecule has 0 fully saturated rings. The van der Waals surface area contributed by atoms with Gasteiger partial charge in [0.25, 0.3) is 0 Å². The number of para-hydroxylation sites is 1. The number of pyridine rings is 1. The lowest BCUT2D eigenvalue weighted by molar-refractivity contribution is 0.104. The molecule has 0 aliphatic heterocycles. The number of ketones is 1. The SMILES string of the molecule is O=C(/C=C/c1ccccc1)c1cccc2cccnc12. The Morgan fingerprint density at radius 3 is 2.55 bits per heavy atom. The first-order valence-corrected chi connectivity index (χ1v) is 6.46. The molecule has 0 radical (unpaired) electrons. The third-order valence-corrected chi connectivity index (χ3v) is 3.12. The number of hydrogen-bond acceptors (Lipinski definition) is 2. The largest absolute Gasteiger partial charge is 0.289 e. The van der Waals surface area contributed by atoms with E-state index in [-0.39, 0.29) is 5.78 Å². The Kier molecular flexibility index (Phi) is 3.38. The van der Waals surface area contributed by atoms with Crippen molar-refractivity contribution >= 4 is 22.8 Å². The summed E-state index contributed by atoms with van der Waals surface area (Å²) in [4.78, 5) is 16.6. The molecule has 0 bridgehead atoms. The molecule has 0 unspecified atom stereocenters. The normalized spacial score (nSPS) is 11.0. The van der Waals surface area contributed by atoms with Crippen molar-refractivity contribution < 1.29 is 4.79 Å². The van der Waals surface area contributed by atoms with E-state index in [1.165, 1.54) is 0 Å². The van der Waals surface area contributed by atoms with Gasteiger partial charge in [-0.15, -0.1) is 0 Å². The highest BCUT2D eigenvalue weighted by Gasteiger charge is 2.07. The van der Waals surface area contributed by atoms with E-state index < -0.39 is 0 Å². The van der Waals surface area contributed by atoms with E-state index in [0.29, 0.717) is 5.56 Å². The summed E-state index contributed by atoms with van der Waals surface area (Å²) in [6, 6.07) is 19.3. The van der Waals surface area contributed by atoms with E-state index in [9.17, 15) is 4.79 Å². The minimum atomic E-state index is -0.0295. The molecular formula is C18H13NO. The smallest absolute Gasteiger partial charge is 0.188 e. The summed E-state index contributed by atoms with van der Waals surface area (Å²) in [5.41, 5.74) is 2.39. The van der Waals surface area contributed by atoms with Gasteiger partial charge in [-0.3, -0.25) is 9.78 Å². The molecule has 0 amide bonds. The van der Waals surface area contributed by atoms with Crippen molar-refractivity contribution in [2.24, 2.45) is 0 Å². The monoisotopic (exact) mass is 259 g/mol. The lowest BCUT2D eigenvalue weighted by Gasteiger charge is -2.01. The second-order valence-electron chi connectivity index (χ2n) is 4.49. The summed E-state index contributed by atoms with van der Waals surface area (Å²) in [6.07, 6.45) is 5.13. The van der Waals surface area contributed by atoms with Crippen LogP contribution in [0.1, 0.15) is 15.9 Å². The van der Waals surface area contributed by atoms with E-state index >= 15 is 0 Å². The number of benzene rings is 2. The zero-order valence-electron chi connectivity index (χ0n) is 10.9. The fourth-order valence-electron chi connectivity index (χ4n) is 2.13. The van der Waals surface area contributed by atoms with Gasteiger partial charge in [-0.2, -0.15) is 0 Å². The van der Waals surface area contributed by atoms with Crippen LogP contribution in [0.3, 0.4) is 0 Å². The van der Waals surface area contributed by atoms with Crippen LogP contribution in [0.4, 0.5) is 0 Å². The topological polar surface area (TPSA) is 30.0 Å². The third kappa shape index (κ3) is 2.50. The van der Waals surface area contributed by atoms with Gasteiger partial charge in [-0.25, -0.2) is 0 Å². The van der Waals surface area contributed by atoms with Gasteiger partial charge in [0.15, 0.2) is 5.78 Å². The van der Waals surface area contributed by atoms with E-state index in [1.54, 1.807) is 12.3 Å². The number of carbonyl (C=O) groups excluding carboxylic acids is 1. The quantitative estimate of drug-likeness (QED) is 0.523. The minimum absolute atomic E-state index is 0.0295. The van der Waals surface area contributed by atoms with Gasteiger partial charge in [0.2, 0.25) is 0 Å². The molecule has 2 nitrogen and oxygen atoms in total. The fraction of sp³-hybridized carbons (Fsp3) is 0.